The molecule has 9 heteroatoms. The summed E-state index contributed by atoms with van der Waals surface area (Å²) >= 11 is 1.10. The van der Waals surface area contributed by atoms with Crippen LogP contribution in [-0.2, 0) is 11.3 Å². The molecule has 0 fully saturated rings. The normalized spacial score (nSPS) is 11.0. The van der Waals surface area contributed by atoms with Crippen molar-refractivity contribution in [2.75, 3.05) is 12.4 Å². The van der Waals surface area contributed by atoms with E-state index in [2.05, 4.69) is 10.3 Å². The molecule has 0 saturated carbocycles. The maximum atomic E-state index is 13.0. The lowest BCUT2D eigenvalue weighted by atomic mass is 10.2. The van der Waals surface area contributed by atoms with Crippen LogP contribution in [0.1, 0.15) is 35.9 Å². The number of fused-ring (bicyclic) bond motifs is 1. The van der Waals surface area contributed by atoms with Crippen molar-refractivity contribution >= 4 is 39.1 Å². The van der Waals surface area contributed by atoms with E-state index in [1.54, 1.807) is 31.4 Å². The maximum Gasteiger partial charge on any atom is 0.337 e. The lowest BCUT2D eigenvalue weighted by Gasteiger charge is -2.15. The first-order valence-electron chi connectivity index (χ1n) is 8.51. The minimum atomic E-state index is -1.20. The van der Waals surface area contributed by atoms with Crippen LogP contribution < -0.4 is 15.6 Å². The van der Waals surface area contributed by atoms with Gasteiger partial charge in [-0.05, 0) is 24.3 Å². The molecule has 0 spiro atoms. The van der Waals surface area contributed by atoms with Gasteiger partial charge in [0.1, 0.15) is 22.9 Å². The molecular formula is C19H19N3O5S. The van der Waals surface area contributed by atoms with Crippen LogP contribution in [0, 0.1) is 0 Å². The second-order valence-corrected chi connectivity index (χ2v) is 7.29. The van der Waals surface area contributed by atoms with Crippen molar-refractivity contribution in [3.63, 3.8) is 0 Å². The van der Waals surface area contributed by atoms with Crippen molar-refractivity contribution in [3.8, 4) is 5.75 Å². The third-order valence-electron chi connectivity index (χ3n) is 4.15. The Labute approximate surface area is 164 Å². The Balaban J connectivity index is 1.98. The van der Waals surface area contributed by atoms with Gasteiger partial charge < -0.3 is 15.2 Å². The number of amides is 1. The van der Waals surface area contributed by atoms with Gasteiger partial charge in [-0.2, -0.15) is 0 Å². The van der Waals surface area contributed by atoms with Crippen LogP contribution in [0.25, 0.3) is 10.2 Å². The predicted molar refractivity (Wildman–Crippen MR) is 107 cm³/mol. The molecule has 0 bridgehead atoms. The zero-order valence-electron chi connectivity index (χ0n) is 15.6. The number of rotatable bonds is 6. The van der Waals surface area contributed by atoms with E-state index in [-0.39, 0.29) is 23.4 Å². The standard InChI is InChI=1S/C19H19N3O5S/c1-10(2)16-21-17-15(13(9-28-17)19(25)26)18(24)22(16)8-14(23)20-11-4-6-12(27-3)7-5-11/h4-7,9-10H,8H2,1-3H3,(H,20,23)(H,25,26). The van der Waals surface area contributed by atoms with Crippen LogP contribution >= 0.6 is 11.3 Å². The van der Waals surface area contributed by atoms with Gasteiger partial charge in [0.25, 0.3) is 5.56 Å². The Kier molecular flexibility index (Phi) is 5.46. The van der Waals surface area contributed by atoms with Gasteiger partial charge in [0, 0.05) is 17.0 Å². The number of nitrogens with zero attached hydrogens (tertiary/aromatic N) is 2. The van der Waals surface area contributed by atoms with E-state index in [1.807, 2.05) is 13.8 Å². The van der Waals surface area contributed by atoms with Crippen molar-refractivity contribution in [2.45, 2.75) is 26.3 Å². The fraction of sp³-hybridized carbons (Fsp3) is 0.263. The monoisotopic (exact) mass is 401 g/mol. The molecule has 8 nitrogen and oxygen atoms in total. The molecule has 3 rings (SSSR count). The van der Waals surface area contributed by atoms with E-state index in [4.69, 9.17) is 4.74 Å². The molecule has 0 unspecified atom stereocenters. The largest absolute Gasteiger partial charge is 0.497 e. The molecule has 2 aromatic heterocycles. The maximum absolute atomic E-state index is 13.0. The number of aromatic carboxylic acids is 1. The highest BCUT2D eigenvalue weighted by molar-refractivity contribution is 7.17. The fourth-order valence-electron chi connectivity index (χ4n) is 2.81. The van der Waals surface area contributed by atoms with Crippen molar-refractivity contribution in [2.24, 2.45) is 0 Å². The van der Waals surface area contributed by atoms with E-state index in [0.29, 0.717) is 22.1 Å². The first-order chi connectivity index (χ1) is 13.3. The van der Waals surface area contributed by atoms with Gasteiger partial charge in [-0.15, -0.1) is 11.3 Å². The summed E-state index contributed by atoms with van der Waals surface area (Å²) < 4.78 is 6.32. The van der Waals surface area contributed by atoms with Gasteiger partial charge in [-0.25, -0.2) is 9.78 Å². The van der Waals surface area contributed by atoms with Crippen LogP contribution in [-0.4, -0.2) is 33.6 Å². The number of anilines is 1. The van der Waals surface area contributed by atoms with Crippen molar-refractivity contribution < 1.29 is 19.4 Å². The highest BCUT2D eigenvalue weighted by Gasteiger charge is 2.22. The number of carboxylic acid groups (broad SMARTS) is 1. The SMILES string of the molecule is COc1ccc(NC(=O)Cn2c(C(C)C)nc3scc(C(=O)O)c3c2=O)cc1. The Hall–Kier alpha value is -3.20. The number of carboxylic acids is 1. The van der Waals surface area contributed by atoms with Gasteiger partial charge in [0.15, 0.2) is 0 Å². The van der Waals surface area contributed by atoms with Gasteiger partial charge >= 0.3 is 5.97 Å². The van der Waals surface area contributed by atoms with E-state index < -0.39 is 17.4 Å². The average molecular weight is 401 g/mol. The Morgan fingerprint density at radius 1 is 1.29 bits per heavy atom. The minimum absolute atomic E-state index is 0.0270. The molecule has 2 N–H and O–H groups in total. The average Bonchev–Trinajstić information content (AvgIpc) is 3.09. The zero-order valence-corrected chi connectivity index (χ0v) is 16.4. The quantitative estimate of drug-likeness (QED) is 0.657. The van der Waals surface area contributed by atoms with Crippen LogP contribution in [0.4, 0.5) is 5.69 Å². The zero-order chi connectivity index (χ0) is 20.4. The van der Waals surface area contributed by atoms with Gasteiger partial charge in [-0.3, -0.25) is 14.2 Å². The van der Waals surface area contributed by atoms with E-state index >= 15 is 0 Å². The molecule has 3 aromatic rings. The van der Waals surface area contributed by atoms with Gasteiger partial charge in [-0.1, -0.05) is 13.8 Å². The molecule has 2 heterocycles. The summed E-state index contributed by atoms with van der Waals surface area (Å²) in [6.07, 6.45) is 0. The number of carbonyl (C=O) groups is 2. The van der Waals surface area contributed by atoms with Crippen LogP contribution in [0.15, 0.2) is 34.4 Å². The van der Waals surface area contributed by atoms with Crippen LogP contribution in [0.2, 0.25) is 0 Å². The number of thiophene rings is 1. The number of methoxy groups -OCH3 is 1. The second-order valence-electron chi connectivity index (χ2n) is 6.43. The lowest BCUT2D eigenvalue weighted by Crippen LogP contribution is -2.32. The smallest absolute Gasteiger partial charge is 0.337 e. The summed E-state index contributed by atoms with van der Waals surface area (Å²) in [6.45, 7) is 3.45. The number of hydrogen-bond donors (Lipinski definition) is 2. The van der Waals surface area contributed by atoms with Gasteiger partial charge in [0.2, 0.25) is 5.91 Å². The summed E-state index contributed by atoms with van der Waals surface area (Å²) in [7, 11) is 1.55. The summed E-state index contributed by atoms with van der Waals surface area (Å²) in [6, 6.07) is 6.79. The third kappa shape index (κ3) is 3.74. The number of ether oxygens (including phenoxy) is 1. The highest BCUT2D eigenvalue weighted by Crippen LogP contribution is 2.24. The van der Waals surface area contributed by atoms with Crippen LogP contribution in [0.5, 0.6) is 5.75 Å². The molecule has 0 aliphatic heterocycles. The third-order valence-corrected chi connectivity index (χ3v) is 5.02. The van der Waals surface area contributed by atoms with E-state index in [1.165, 1.54) is 9.95 Å². The van der Waals surface area contributed by atoms with Crippen molar-refractivity contribution in [3.05, 3.63) is 51.4 Å². The van der Waals surface area contributed by atoms with E-state index in [9.17, 15) is 19.5 Å². The molecule has 0 atom stereocenters. The summed E-state index contributed by atoms with van der Waals surface area (Å²) in [5, 5.41) is 13.5. The number of hydrogen-bond acceptors (Lipinski definition) is 6. The van der Waals surface area contributed by atoms with Gasteiger partial charge in [0.05, 0.1) is 18.1 Å². The number of carbonyl (C=O) groups excluding carboxylic acids is 1. The number of aromatic nitrogens is 2. The highest BCUT2D eigenvalue weighted by atomic mass is 32.1. The molecule has 0 aliphatic carbocycles. The number of nitrogens with one attached hydrogen (secondary N) is 1. The Bertz CT molecular complexity index is 1100. The fourth-order valence-corrected chi connectivity index (χ4v) is 3.72. The second kappa shape index (κ2) is 7.81. The summed E-state index contributed by atoms with van der Waals surface area (Å²) in [5.74, 6) is -0.647. The summed E-state index contributed by atoms with van der Waals surface area (Å²) in [4.78, 5) is 41.7. The first-order valence-corrected chi connectivity index (χ1v) is 9.39. The first kappa shape index (κ1) is 19.6. The Morgan fingerprint density at radius 2 is 1.96 bits per heavy atom. The predicted octanol–water partition coefficient (Wildman–Crippen LogP) is 2.93. The molecule has 0 saturated heterocycles. The van der Waals surface area contributed by atoms with Crippen molar-refractivity contribution in [1.29, 1.82) is 0 Å². The van der Waals surface area contributed by atoms with Crippen LogP contribution in [0.3, 0.4) is 0 Å². The lowest BCUT2D eigenvalue weighted by molar-refractivity contribution is -0.116. The minimum Gasteiger partial charge on any atom is -0.497 e. The van der Waals surface area contributed by atoms with E-state index in [0.717, 1.165) is 11.3 Å². The molecule has 1 aromatic carbocycles. The topological polar surface area (TPSA) is 111 Å². The molecule has 0 radical (unpaired) electrons. The number of benzene rings is 1. The molecular weight excluding hydrogens is 382 g/mol. The molecule has 1 amide bonds. The molecule has 0 aliphatic rings. The summed E-state index contributed by atoms with van der Waals surface area (Å²) in [5.41, 5.74) is -0.0740. The molecule has 146 valence electrons. The van der Waals surface area contributed by atoms with Crippen molar-refractivity contribution in [1.82, 2.24) is 9.55 Å². The Morgan fingerprint density at radius 3 is 2.54 bits per heavy atom. The molecule has 28 heavy (non-hydrogen) atoms.